The summed E-state index contributed by atoms with van der Waals surface area (Å²) in [4.78, 5) is 47.1. The number of carbonyl (C=O) groups excluding carboxylic acids is 2. The summed E-state index contributed by atoms with van der Waals surface area (Å²) in [6.45, 7) is 1.16. The molecule has 0 spiro atoms. The fourth-order valence-corrected chi connectivity index (χ4v) is 3.27. The molecule has 36 heavy (non-hydrogen) atoms. The quantitative estimate of drug-likeness (QED) is 0.290. The first-order chi connectivity index (χ1) is 17.2. The second-order valence-electron chi connectivity index (χ2n) is 7.69. The van der Waals surface area contributed by atoms with Crippen molar-refractivity contribution in [3.8, 4) is 17.2 Å². The van der Waals surface area contributed by atoms with Crippen LogP contribution >= 0.6 is 0 Å². The number of carboxylic acids is 1. The van der Waals surface area contributed by atoms with Crippen molar-refractivity contribution >= 4 is 28.9 Å². The summed E-state index contributed by atoms with van der Waals surface area (Å²) < 4.78 is 30.4. The maximum Gasteiger partial charge on any atom is 0.326 e. The fraction of sp³-hybridized carbons (Fsp3) is 0.250. The monoisotopic (exact) mass is 501 g/mol. The maximum absolute atomic E-state index is 13.9. The van der Waals surface area contributed by atoms with Crippen LogP contribution in [0.2, 0.25) is 0 Å². The molecule has 1 heterocycles. The number of para-hydroxylation sites is 1. The number of fused-ring (bicyclic) bond motifs is 1. The molecular formula is C24H24FN3O8. The molecule has 0 fully saturated rings. The van der Waals surface area contributed by atoms with Gasteiger partial charge in [-0.25, -0.2) is 14.0 Å². The Morgan fingerprint density at radius 3 is 2.64 bits per heavy atom. The molecule has 5 N–H and O–H groups in total. The molecule has 0 bridgehead atoms. The van der Waals surface area contributed by atoms with Crippen LogP contribution in [0.25, 0.3) is 11.0 Å². The number of carboxylic acid groups (broad SMARTS) is 1. The summed E-state index contributed by atoms with van der Waals surface area (Å²) in [6, 6.07) is 7.97. The van der Waals surface area contributed by atoms with Crippen LogP contribution in [0.15, 0.2) is 51.7 Å². The number of primary amides is 1. The van der Waals surface area contributed by atoms with E-state index in [1.54, 1.807) is 6.07 Å². The number of halogens is 1. The lowest BCUT2D eigenvalue weighted by Gasteiger charge is -2.15. The first-order valence-corrected chi connectivity index (χ1v) is 10.8. The largest absolute Gasteiger partial charge is 0.484 e. The Bertz CT molecular complexity index is 1340. The fourth-order valence-electron chi connectivity index (χ4n) is 3.27. The van der Waals surface area contributed by atoms with Crippen molar-refractivity contribution in [2.75, 3.05) is 13.2 Å². The minimum Gasteiger partial charge on any atom is -0.484 e. The van der Waals surface area contributed by atoms with Gasteiger partial charge in [0.15, 0.2) is 18.2 Å². The zero-order valence-electron chi connectivity index (χ0n) is 19.2. The van der Waals surface area contributed by atoms with Crippen LogP contribution in [0.1, 0.15) is 18.6 Å². The molecule has 2 aromatic carbocycles. The number of nitrogens with two attached hydrogens (primary N) is 1. The third-order valence-electron chi connectivity index (χ3n) is 5.01. The zero-order valence-corrected chi connectivity index (χ0v) is 19.2. The van der Waals surface area contributed by atoms with E-state index in [0.717, 1.165) is 0 Å². The van der Waals surface area contributed by atoms with Crippen molar-refractivity contribution in [1.29, 1.82) is 0 Å². The van der Waals surface area contributed by atoms with Gasteiger partial charge in [0.05, 0.1) is 5.39 Å². The van der Waals surface area contributed by atoms with E-state index in [4.69, 9.17) is 19.6 Å². The predicted octanol–water partition coefficient (Wildman–Crippen LogP) is 2.43. The minimum absolute atomic E-state index is 0.0685. The van der Waals surface area contributed by atoms with Crippen molar-refractivity contribution in [2.24, 2.45) is 5.73 Å². The molecule has 0 radical (unpaired) electrons. The van der Waals surface area contributed by atoms with Crippen molar-refractivity contribution in [2.45, 2.75) is 25.8 Å². The van der Waals surface area contributed by atoms with E-state index in [1.165, 1.54) is 43.3 Å². The van der Waals surface area contributed by atoms with Gasteiger partial charge >= 0.3 is 12.0 Å². The van der Waals surface area contributed by atoms with E-state index in [0.29, 0.717) is 0 Å². The number of hydrogen-bond donors (Lipinski definition) is 4. The molecule has 190 valence electrons. The highest BCUT2D eigenvalue weighted by molar-refractivity contribution is 5.84. The lowest BCUT2D eigenvalue weighted by atomic mass is 10.1. The van der Waals surface area contributed by atoms with Crippen LogP contribution in [0.4, 0.5) is 9.18 Å². The topological polar surface area (TPSA) is 170 Å². The number of ether oxygens (including phenoxy) is 2. The highest BCUT2D eigenvalue weighted by Gasteiger charge is 2.20. The van der Waals surface area contributed by atoms with Crippen LogP contribution in [-0.4, -0.2) is 42.2 Å². The number of aliphatic carboxylic acids is 1. The van der Waals surface area contributed by atoms with E-state index in [1.807, 2.05) is 0 Å². The Morgan fingerprint density at radius 1 is 1.19 bits per heavy atom. The van der Waals surface area contributed by atoms with Gasteiger partial charge in [0, 0.05) is 12.6 Å². The molecule has 11 nitrogen and oxygen atoms in total. The van der Waals surface area contributed by atoms with E-state index >= 15 is 0 Å². The van der Waals surface area contributed by atoms with Crippen molar-refractivity contribution in [3.05, 3.63) is 64.3 Å². The number of nitrogens with one attached hydrogen (secondary N) is 2. The van der Waals surface area contributed by atoms with Crippen molar-refractivity contribution < 1.29 is 37.8 Å². The van der Waals surface area contributed by atoms with E-state index in [9.17, 15) is 28.7 Å². The second-order valence-corrected chi connectivity index (χ2v) is 7.69. The summed E-state index contributed by atoms with van der Waals surface area (Å²) in [5, 5.41) is 14.1. The number of benzene rings is 2. The molecule has 1 aromatic heterocycles. The van der Waals surface area contributed by atoms with E-state index in [-0.39, 0.29) is 53.4 Å². The van der Waals surface area contributed by atoms with Crippen LogP contribution < -0.4 is 31.3 Å². The molecule has 1 atom stereocenters. The second kappa shape index (κ2) is 11.7. The molecule has 0 saturated heterocycles. The molecule has 0 aliphatic carbocycles. The average Bonchev–Trinajstić information content (AvgIpc) is 2.83. The normalized spacial score (nSPS) is 11.5. The number of urea groups is 1. The van der Waals surface area contributed by atoms with Gasteiger partial charge in [0.1, 0.15) is 23.1 Å². The zero-order chi connectivity index (χ0) is 26.2. The summed E-state index contributed by atoms with van der Waals surface area (Å²) in [5.41, 5.74) is 4.58. The summed E-state index contributed by atoms with van der Waals surface area (Å²) >= 11 is 0. The van der Waals surface area contributed by atoms with Gasteiger partial charge < -0.3 is 35.4 Å². The lowest BCUT2D eigenvalue weighted by molar-refractivity contribution is -0.142. The molecule has 3 rings (SSSR count). The highest BCUT2D eigenvalue weighted by atomic mass is 19.1. The molecule has 0 aliphatic heterocycles. The third-order valence-corrected chi connectivity index (χ3v) is 5.01. The van der Waals surface area contributed by atoms with Crippen LogP contribution in [0.3, 0.4) is 0 Å². The van der Waals surface area contributed by atoms with Gasteiger partial charge in [-0.3, -0.25) is 9.59 Å². The van der Waals surface area contributed by atoms with Gasteiger partial charge in [-0.2, -0.15) is 0 Å². The Morgan fingerprint density at radius 2 is 1.94 bits per heavy atom. The predicted molar refractivity (Wildman–Crippen MR) is 126 cm³/mol. The number of rotatable bonds is 11. The maximum atomic E-state index is 13.9. The Labute approximate surface area is 204 Å². The summed E-state index contributed by atoms with van der Waals surface area (Å²) in [6.07, 6.45) is 0.353. The average molecular weight is 501 g/mol. The van der Waals surface area contributed by atoms with Crippen LogP contribution in [0.5, 0.6) is 17.2 Å². The van der Waals surface area contributed by atoms with Crippen molar-refractivity contribution in [1.82, 2.24) is 10.6 Å². The number of amides is 3. The first kappa shape index (κ1) is 26.0. The number of carbonyl (C=O) groups is 3. The molecule has 0 aliphatic rings. The lowest BCUT2D eigenvalue weighted by Crippen LogP contribution is -2.43. The summed E-state index contributed by atoms with van der Waals surface area (Å²) in [5.74, 6) is -2.53. The van der Waals surface area contributed by atoms with Crippen LogP contribution in [0, 0.1) is 12.7 Å². The SMILES string of the molecule is Cc1oc2cc(OCC(=O)NC(CCCNC(N)=O)C(=O)O)ccc2c(=O)c1Oc1ccccc1F. The van der Waals surface area contributed by atoms with Crippen LogP contribution in [-0.2, 0) is 9.59 Å². The molecule has 0 saturated carbocycles. The first-order valence-electron chi connectivity index (χ1n) is 10.8. The Kier molecular flexibility index (Phi) is 8.44. The third kappa shape index (κ3) is 6.72. The van der Waals surface area contributed by atoms with Gasteiger partial charge in [0.25, 0.3) is 5.91 Å². The summed E-state index contributed by atoms with van der Waals surface area (Å²) in [7, 11) is 0. The van der Waals surface area contributed by atoms with E-state index < -0.39 is 41.8 Å². The van der Waals surface area contributed by atoms with Crippen molar-refractivity contribution in [3.63, 3.8) is 0 Å². The van der Waals surface area contributed by atoms with Gasteiger partial charge in [0.2, 0.25) is 11.2 Å². The number of hydrogen-bond acceptors (Lipinski definition) is 7. The molecule has 3 aromatic rings. The van der Waals surface area contributed by atoms with Gasteiger partial charge in [-0.1, -0.05) is 12.1 Å². The van der Waals surface area contributed by atoms with Gasteiger partial charge in [-0.05, 0) is 44.0 Å². The molecule has 12 heteroatoms. The molecule has 1 unspecified atom stereocenters. The minimum atomic E-state index is -1.24. The Hall–Kier alpha value is -4.61. The highest BCUT2D eigenvalue weighted by Crippen LogP contribution is 2.28. The smallest absolute Gasteiger partial charge is 0.326 e. The molecule has 3 amide bonds. The van der Waals surface area contributed by atoms with E-state index in [2.05, 4.69) is 10.6 Å². The molecular weight excluding hydrogens is 477 g/mol. The number of aryl methyl sites for hydroxylation is 1. The van der Waals surface area contributed by atoms with Gasteiger partial charge in [-0.15, -0.1) is 0 Å². The Balaban J connectivity index is 1.65. The standard InChI is InChI=1S/C24H24FN3O8/c1-13-22(36-18-7-3-2-5-16(18)25)21(30)15-9-8-14(11-19(15)35-13)34-12-20(29)28-17(23(31)32)6-4-10-27-24(26)33/h2-3,5,7-9,11,17H,4,6,10,12H2,1H3,(H,28,29)(H,31,32)(H3,26,27,33).